The van der Waals surface area contributed by atoms with Crippen LogP contribution in [0.3, 0.4) is 0 Å². The Bertz CT molecular complexity index is 439. The summed E-state index contributed by atoms with van der Waals surface area (Å²) in [7, 11) is 0. The van der Waals surface area contributed by atoms with Gasteiger partial charge in [-0.2, -0.15) is 0 Å². The van der Waals surface area contributed by atoms with Gasteiger partial charge >= 0.3 is 0 Å². The minimum Gasteiger partial charge on any atom is -0.207 e. The van der Waals surface area contributed by atoms with Gasteiger partial charge < -0.3 is 0 Å². The van der Waals surface area contributed by atoms with Gasteiger partial charge in [0.25, 0.3) is 0 Å². The molecule has 2 aromatic carbocycles. The lowest BCUT2D eigenvalue weighted by molar-refractivity contribution is 0.617. The van der Waals surface area contributed by atoms with Gasteiger partial charge in [0, 0.05) is 15.1 Å². The first-order chi connectivity index (χ1) is 7.77. The van der Waals surface area contributed by atoms with E-state index >= 15 is 0 Å². The maximum atomic E-state index is 13.4. The van der Waals surface area contributed by atoms with E-state index in [1.165, 1.54) is 6.07 Å². The molecular formula is C13H10BrFS. The molecule has 0 radical (unpaired) electrons. The summed E-state index contributed by atoms with van der Waals surface area (Å²) < 4.78 is 14.4. The molecule has 0 aliphatic rings. The van der Waals surface area contributed by atoms with Crippen molar-refractivity contribution in [3.8, 4) is 0 Å². The minimum absolute atomic E-state index is 0.137. The van der Waals surface area contributed by atoms with Gasteiger partial charge in [-0.3, -0.25) is 0 Å². The first kappa shape index (κ1) is 11.7. The Hall–Kier alpha value is -0.800. The summed E-state index contributed by atoms with van der Waals surface area (Å²) in [5.74, 6) is 0.511. The SMILES string of the molecule is Fc1ccccc1CSc1ccccc1Br. The van der Waals surface area contributed by atoms with E-state index in [0.29, 0.717) is 5.75 Å². The molecule has 0 aliphatic carbocycles. The molecule has 16 heavy (non-hydrogen) atoms. The quantitative estimate of drug-likeness (QED) is 0.728. The number of thioether (sulfide) groups is 1. The second-order valence-corrected chi connectivity index (χ2v) is 5.18. The normalized spacial score (nSPS) is 10.4. The minimum atomic E-state index is -0.137. The van der Waals surface area contributed by atoms with E-state index in [0.717, 1.165) is 14.9 Å². The first-order valence-corrected chi connectivity index (χ1v) is 6.66. The molecule has 0 aliphatic heterocycles. The van der Waals surface area contributed by atoms with Crippen LogP contribution < -0.4 is 0 Å². The second-order valence-electron chi connectivity index (χ2n) is 3.31. The molecule has 0 N–H and O–H groups in total. The third kappa shape index (κ3) is 2.86. The molecule has 0 spiro atoms. The van der Waals surface area contributed by atoms with Gasteiger partial charge in [-0.05, 0) is 39.7 Å². The van der Waals surface area contributed by atoms with E-state index in [1.54, 1.807) is 17.8 Å². The summed E-state index contributed by atoms with van der Waals surface area (Å²) in [5, 5.41) is 0. The van der Waals surface area contributed by atoms with Gasteiger partial charge in [0.2, 0.25) is 0 Å². The Balaban J connectivity index is 2.09. The number of hydrogen-bond donors (Lipinski definition) is 0. The van der Waals surface area contributed by atoms with Crippen molar-refractivity contribution >= 4 is 27.7 Å². The molecule has 82 valence electrons. The largest absolute Gasteiger partial charge is 0.207 e. The van der Waals surface area contributed by atoms with Crippen molar-refractivity contribution < 1.29 is 4.39 Å². The smallest absolute Gasteiger partial charge is 0.127 e. The summed E-state index contributed by atoms with van der Waals surface area (Å²) in [4.78, 5) is 1.13. The van der Waals surface area contributed by atoms with Gasteiger partial charge in [-0.25, -0.2) is 4.39 Å². The van der Waals surface area contributed by atoms with Gasteiger partial charge in [0.1, 0.15) is 5.82 Å². The molecule has 2 aromatic rings. The molecule has 0 saturated heterocycles. The Morgan fingerprint density at radius 2 is 1.69 bits per heavy atom. The predicted octanol–water partition coefficient (Wildman–Crippen LogP) is 4.88. The molecule has 0 bridgehead atoms. The highest BCUT2D eigenvalue weighted by Crippen LogP contribution is 2.30. The summed E-state index contributed by atoms with van der Waals surface area (Å²) >= 11 is 5.10. The fraction of sp³-hybridized carbons (Fsp3) is 0.0769. The lowest BCUT2D eigenvalue weighted by atomic mass is 10.2. The van der Waals surface area contributed by atoms with Crippen LogP contribution in [-0.2, 0) is 5.75 Å². The molecule has 2 rings (SSSR count). The van der Waals surface area contributed by atoms with Gasteiger partial charge in [0.05, 0.1) is 0 Å². The average molecular weight is 297 g/mol. The Kier molecular flexibility index (Phi) is 4.02. The van der Waals surface area contributed by atoms with Crippen LogP contribution in [-0.4, -0.2) is 0 Å². The van der Waals surface area contributed by atoms with Crippen LogP contribution in [0.5, 0.6) is 0 Å². The molecular weight excluding hydrogens is 287 g/mol. The van der Waals surface area contributed by atoms with Crippen molar-refractivity contribution in [1.82, 2.24) is 0 Å². The number of hydrogen-bond acceptors (Lipinski definition) is 1. The third-order valence-electron chi connectivity index (χ3n) is 2.18. The summed E-state index contributed by atoms with van der Waals surface area (Å²) in [5.41, 5.74) is 0.739. The molecule has 0 amide bonds. The maximum absolute atomic E-state index is 13.4. The lowest BCUT2D eigenvalue weighted by Crippen LogP contribution is -1.86. The standard InChI is InChI=1S/C13H10BrFS/c14-11-6-2-4-8-13(11)16-9-10-5-1-3-7-12(10)15/h1-8H,9H2. The molecule has 0 unspecified atom stereocenters. The van der Waals surface area contributed by atoms with E-state index in [4.69, 9.17) is 0 Å². The van der Waals surface area contributed by atoms with Crippen LogP contribution in [0.15, 0.2) is 57.9 Å². The van der Waals surface area contributed by atoms with Crippen molar-refractivity contribution in [2.75, 3.05) is 0 Å². The van der Waals surface area contributed by atoms with Crippen LogP contribution in [0.1, 0.15) is 5.56 Å². The zero-order valence-corrected chi connectivity index (χ0v) is 10.9. The highest BCUT2D eigenvalue weighted by molar-refractivity contribution is 9.10. The van der Waals surface area contributed by atoms with Crippen molar-refractivity contribution in [3.63, 3.8) is 0 Å². The molecule has 0 nitrogen and oxygen atoms in total. The Morgan fingerprint density at radius 1 is 1.00 bits per heavy atom. The molecule has 0 atom stereocenters. The van der Waals surface area contributed by atoms with Crippen molar-refractivity contribution in [2.24, 2.45) is 0 Å². The topological polar surface area (TPSA) is 0 Å². The van der Waals surface area contributed by atoms with E-state index in [2.05, 4.69) is 15.9 Å². The zero-order valence-electron chi connectivity index (χ0n) is 8.49. The van der Waals surface area contributed by atoms with E-state index < -0.39 is 0 Å². The summed E-state index contributed by atoms with van der Waals surface area (Å²) in [6.45, 7) is 0. The number of halogens is 2. The number of benzene rings is 2. The monoisotopic (exact) mass is 296 g/mol. The molecule has 0 fully saturated rings. The fourth-order valence-electron chi connectivity index (χ4n) is 1.33. The van der Waals surface area contributed by atoms with E-state index in [9.17, 15) is 4.39 Å². The van der Waals surface area contributed by atoms with Gasteiger partial charge in [-0.1, -0.05) is 30.3 Å². The highest BCUT2D eigenvalue weighted by atomic mass is 79.9. The lowest BCUT2D eigenvalue weighted by Gasteiger charge is -2.04. The first-order valence-electron chi connectivity index (χ1n) is 4.88. The van der Waals surface area contributed by atoms with Gasteiger partial charge in [-0.15, -0.1) is 11.8 Å². The summed E-state index contributed by atoms with van der Waals surface area (Å²) in [6, 6.07) is 14.8. The highest BCUT2D eigenvalue weighted by Gasteiger charge is 2.03. The zero-order chi connectivity index (χ0) is 11.4. The van der Waals surface area contributed by atoms with E-state index in [-0.39, 0.29) is 5.82 Å². The van der Waals surface area contributed by atoms with Crippen LogP contribution in [0, 0.1) is 5.82 Å². The van der Waals surface area contributed by atoms with E-state index in [1.807, 2.05) is 36.4 Å². The van der Waals surface area contributed by atoms with Gasteiger partial charge in [0.15, 0.2) is 0 Å². The average Bonchev–Trinajstić information content (AvgIpc) is 2.30. The number of rotatable bonds is 3. The molecule has 0 saturated carbocycles. The third-order valence-corrected chi connectivity index (χ3v) is 4.25. The van der Waals surface area contributed by atoms with Crippen molar-refractivity contribution in [3.05, 3.63) is 64.4 Å². The molecule has 0 aromatic heterocycles. The van der Waals surface area contributed by atoms with Crippen molar-refractivity contribution in [2.45, 2.75) is 10.6 Å². The van der Waals surface area contributed by atoms with Crippen LogP contribution >= 0.6 is 27.7 Å². The molecule has 3 heteroatoms. The second kappa shape index (κ2) is 5.51. The Labute approximate surface area is 107 Å². The summed E-state index contributed by atoms with van der Waals surface area (Å²) in [6.07, 6.45) is 0. The van der Waals surface area contributed by atoms with Crippen molar-refractivity contribution in [1.29, 1.82) is 0 Å². The van der Waals surface area contributed by atoms with Crippen LogP contribution in [0.25, 0.3) is 0 Å². The van der Waals surface area contributed by atoms with Crippen LogP contribution in [0.4, 0.5) is 4.39 Å². The van der Waals surface area contributed by atoms with Crippen LogP contribution in [0.2, 0.25) is 0 Å². The fourth-order valence-corrected chi connectivity index (χ4v) is 2.89. The predicted molar refractivity (Wildman–Crippen MR) is 70.1 cm³/mol. The Morgan fingerprint density at radius 3 is 2.44 bits per heavy atom. The molecule has 0 heterocycles. The maximum Gasteiger partial charge on any atom is 0.127 e.